The van der Waals surface area contributed by atoms with Gasteiger partial charge in [-0.3, -0.25) is 4.79 Å². The molecule has 13 heavy (non-hydrogen) atoms. The molecule has 5 heteroatoms. The highest BCUT2D eigenvalue weighted by molar-refractivity contribution is 7.15. The molecule has 1 aliphatic rings. The van der Waals surface area contributed by atoms with Crippen LogP contribution in [0.1, 0.15) is 10.4 Å². The van der Waals surface area contributed by atoms with Gasteiger partial charge in [-0.2, -0.15) is 0 Å². The summed E-state index contributed by atoms with van der Waals surface area (Å²) >= 11 is 1.36. The number of hydrogen-bond donors (Lipinski definition) is 3. The minimum absolute atomic E-state index is 0.0324. The molecule has 0 radical (unpaired) electrons. The monoisotopic (exact) mass is 198 g/mol. The molecular weight excluding hydrogens is 188 g/mol. The van der Waals surface area contributed by atoms with Crippen LogP contribution in [0.15, 0.2) is 5.38 Å². The Balaban J connectivity index is 2.43. The van der Waals surface area contributed by atoms with Gasteiger partial charge >= 0.3 is 0 Å². The lowest BCUT2D eigenvalue weighted by atomic mass is 10.0. The molecule has 70 valence electrons. The summed E-state index contributed by atoms with van der Waals surface area (Å²) in [7, 11) is 1.73. The van der Waals surface area contributed by atoms with Crippen molar-refractivity contribution in [1.82, 2.24) is 5.32 Å². The smallest absolute Gasteiger partial charge is 0.188 e. The Bertz CT molecular complexity index is 348. The Morgan fingerprint density at radius 3 is 3.23 bits per heavy atom. The number of likely N-dealkylation sites (N-methyl/N-ethyl adjacent to an activating group) is 1. The SMILES string of the molecule is CNC1CNc2scc(O)c2C1=O. The molecule has 4 nitrogen and oxygen atoms in total. The van der Waals surface area contributed by atoms with Crippen molar-refractivity contribution in [3.63, 3.8) is 0 Å². The molecule has 1 aliphatic heterocycles. The maximum absolute atomic E-state index is 11.7. The second-order valence-corrected chi connectivity index (χ2v) is 3.79. The average molecular weight is 198 g/mol. The third-order valence-corrected chi connectivity index (χ3v) is 3.07. The van der Waals surface area contributed by atoms with E-state index in [1.54, 1.807) is 12.4 Å². The molecule has 0 amide bonds. The first kappa shape index (κ1) is 8.52. The largest absolute Gasteiger partial charge is 0.506 e. The average Bonchev–Trinajstić information content (AvgIpc) is 2.49. The van der Waals surface area contributed by atoms with Crippen molar-refractivity contribution in [2.75, 3.05) is 18.9 Å². The number of fused-ring (bicyclic) bond motifs is 1. The van der Waals surface area contributed by atoms with E-state index in [1.165, 1.54) is 11.3 Å². The summed E-state index contributed by atoms with van der Waals surface area (Å²) in [6, 6.07) is -0.229. The summed E-state index contributed by atoms with van der Waals surface area (Å²) in [5.41, 5.74) is 0.426. The fraction of sp³-hybridized carbons (Fsp3) is 0.375. The Kier molecular flexibility index (Phi) is 1.97. The minimum atomic E-state index is -0.229. The molecular formula is C8H10N2O2S. The van der Waals surface area contributed by atoms with Gasteiger partial charge < -0.3 is 15.7 Å². The van der Waals surface area contributed by atoms with Crippen LogP contribution in [0, 0.1) is 0 Å². The van der Waals surface area contributed by atoms with Gasteiger partial charge in [0.2, 0.25) is 0 Å². The van der Waals surface area contributed by atoms with E-state index in [4.69, 9.17) is 0 Å². The minimum Gasteiger partial charge on any atom is -0.506 e. The zero-order valence-corrected chi connectivity index (χ0v) is 7.94. The van der Waals surface area contributed by atoms with Gasteiger partial charge in [0.1, 0.15) is 10.8 Å². The number of nitrogens with one attached hydrogen (secondary N) is 2. The first-order chi connectivity index (χ1) is 6.24. The zero-order valence-electron chi connectivity index (χ0n) is 7.13. The lowest BCUT2D eigenvalue weighted by Gasteiger charge is -2.21. The van der Waals surface area contributed by atoms with Crippen molar-refractivity contribution in [3.8, 4) is 5.75 Å². The third-order valence-electron chi connectivity index (χ3n) is 2.15. The summed E-state index contributed by atoms with van der Waals surface area (Å²) in [6.07, 6.45) is 0. The molecule has 0 spiro atoms. The van der Waals surface area contributed by atoms with E-state index in [9.17, 15) is 9.90 Å². The molecule has 0 fully saturated rings. The third kappa shape index (κ3) is 1.20. The highest BCUT2D eigenvalue weighted by Gasteiger charge is 2.29. The van der Waals surface area contributed by atoms with Crippen LogP contribution < -0.4 is 10.6 Å². The van der Waals surface area contributed by atoms with Crippen LogP contribution >= 0.6 is 11.3 Å². The predicted octanol–water partition coefficient (Wildman–Crippen LogP) is 0.650. The number of anilines is 1. The highest BCUT2D eigenvalue weighted by atomic mass is 32.1. The highest BCUT2D eigenvalue weighted by Crippen LogP contribution is 2.36. The van der Waals surface area contributed by atoms with Gasteiger partial charge in [-0.05, 0) is 7.05 Å². The molecule has 1 unspecified atom stereocenters. The first-order valence-corrected chi connectivity index (χ1v) is 4.88. The second kappa shape index (κ2) is 3.01. The molecule has 1 aromatic heterocycles. The number of thiophene rings is 1. The van der Waals surface area contributed by atoms with Gasteiger partial charge in [-0.15, -0.1) is 11.3 Å². The van der Waals surface area contributed by atoms with E-state index in [0.717, 1.165) is 5.00 Å². The molecule has 0 aliphatic carbocycles. The number of carbonyl (C=O) groups excluding carboxylic acids is 1. The quantitative estimate of drug-likeness (QED) is 0.620. The van der Waals surface area contributed by atoms with Crippen LogP contribution in [0.3, 0.4) is 0 Å². The van der Waals surface area contributed by atoms with Gasteiger partial charge in [0.05, 0.1) is 11.6 Å². The second-order valence-electron chi connectivity index (χ2n) is 2.91. The van der Waals surface area contributed by atoms with Gasteiger partial charge in [0.25, 0.3) is 0 Å². The summed E-state index contributed by atoms with van der Waals surface area (Å²) in [4.78, 5) is 11.7. The Morgan fingerprint density at radius 2 is 2.54 bits per heavy atom. The number of aromatic hydroxyl groups is 1. The van der Waals surface area contributed by atoms with E-state index in [2.05, 4.69) is 10.6 Å². The van der Waals surface area contributed by atoms with Crippen molar-refractivity contribution in [1.29, 1.82) is 0 Å². The molecule has 0 bridgehead atoms. The zero-order chi connectivity index (χ0) is 9.42. The van der Waals surface area contributed by atoms with Gasteiger partial charge in [-0.1, -0.05) is 0 Å². The molecule has 1 atom stereocenters. The fourth-order valence-corrected chi connectivity index (χ4v) is 2.25. The van der Waals surface area contributed by atoms with Gasteiger partial charge in [0.15, 0.2) is 5.78 Å². The first-order valence-electron chi connectivity index (χ1n) is 4.00. The van der Waals surface area contributed by atoms with Gasteiger partial charge in [-0.25, -0.2) is 0 Å². The number of rotatable bonds is 1. The van der Waals surface area contributed by atoms with Gasteiger partial charge in [0, 0.05) is 11.9 Å². The summed E-state index contributed by atoms with van der Waals surface area (Å²) in [5, 5.41) is 17.7. The molecule has 0 saturated heterocycles. The Hall–Kier alpha value is -1.07. The summed E-state index contributed by atoms with van der Waals surface area (Å²) < 4.78 is 0. The normalized spacial score (nSPS) is 21.0. The van der Waals surface area contributed by atoms with E-state index in [1.807, 2.05) is 0 Å². The maximum Gasteiger partial charge on any atom is 0.188 e. The van der Waals surface area contributed by atoms with Crippen LogP contribution in [0.25, 0.3) is 0 Å². The lowest BCUT2D eigenvalue weighted by molar-refractivity contribution is 0.0947. The number of hydrogen-bond acceptors (Lipinski definition) is 5. The topological polar surface area (TPSA) is 61.4 Å². The molecule has 2 rings (SSSR count). The standard InChI is InChI=1S/C8H10N2O2S/c1-9-4-2-10-8-6(7(4)12)5(11)3-13-8/h3-4,9-11H,2H2,1H3. The van der Waals surface area contributed by atoms with Crippen LogP contribution in [0.2, 0.25) is 0 Å². The van der Waals surface area contributed by atoms with E-state index in [-0.39, 0.29) is 17.6 Å². The van der Waals surface area contributed by atoms with E-state index in [0.29, 0.717) is 12.1 Å². The maximum atomic E-state index is 11.7. The summed E-state index contributed by atoms with van der Waals surface area (Å²) in [5.74, 6) is 0.0486. The molecule has 1 aromatic rings. The number of Topliss-reactive ketones (excluding diaryl/α,β-unsaturated/α-hetero) is 1. The summed E-state index contributed by atoms with van der Waals surface area (Å²) in [6.45, 7) is 0.586. The van der Waals surface area contributed by atoms with Crippen LogP contribution in [0.4, 0.5) is 5.00 Å². The fourth-order valence-electron chi connectivity index (χ4n) is 1.41. The van der Waals surface area contributed by atoms with Crippen molar-refractivity contribution in [2.24, 2.45) is 0 Å². The number of carbonyl (C=O) groups is 1. The van der Waals surface area contributed by atoms with Crippen molar-refractivity contribution in [3.05, 3.63) is 10.9 Å². The molecule has 0 aromatic carbocycles. The Labute approximate surface area is 79.6 Å². The van der Waals surface area contributed by atoms with Crippen molar-refractivity contribution < 1.29 is 9.90 Å². The van der Waals surface area contributed by atoms with Crippen LogP contribution in [0.5, 0.6) is 5.75 Å². The Morgan fingerprint density at radius 1 is 1.77 bits per heavy atom. The molecule has 0 saturated carbocycles. The number of ketones is 1. The van der Waals surface area contributed by atoms with Crippen molar-refractivity contribution in [2.45, 2.75) is 6.04 Å². The van der Waals surface area contributed by atoms with E-state index < -0.39 is 0 Å². The molecule has 3 N–H and O–H groups in total. The van der Waals surface area contributed by atoms with E-state index >= 15 is 0 Å². The van der Waals surface area contributed by atoms with Crippen molar-refractivity contribution >= 4 is 22.1 Å². The van der Waals surface area contributed by atoms with Crippen LogP contribution in [-0.4, -0.2) is 30.5 Å². The predicted molar refractivity (Wildman–Crippen MR) is 51.7 cm³/mol. The molecule has 2 heterocycles. The van der Waals surface area contributed by atoms with Crippen LogP contribution in [-0.2, 0) is 0 Å². The lowest BCUT2D eigenvalue weighted by Crippen LogP contribution is -2.43.